The minimum Gasteiger partial charge on any atom is -0.294 e. The molecule has 2 spiro atoms. The van der Waals surface area contributed by atoms with E-state index in [0.717, 1.165) is 20.1 Å². The third-order valence-electron chi connectivity index (χ3n) is 8.68. The molecule has 2 saturated carbocycles. The number of rotatable bonds is 2. The van der Waals surface area contributed by atoms with Gasteiger partial charge in [-0.1, -0.05) is 56.1 Å². The molecule has 0 saturated heterocycles. The minimum atomic E-state index is -1.28. The molecule has 0 N–H and O–H groups in total. The Morgan fingerprint density at radius 1 is 0.618 bits per heavy atom. The normalized spacial score (nSPS) is 36.6. The largest absolute Gasteiger partial charge is 0.294 e. The molecule has 0 amide bonds. The molecule has 0 heterocycles. The Kier molecular flexibility index (Phi) is 3.94. The standard InChI is InChI=1S/C28H16Br2O4/c29-15-5-1-13(2-6-15)21-23-22-17(31)9-10-18(32)25(22)28-20(34)12-11-19(33)27(28,26(21)28)24(23)14-3-7-16(30)8-4-14/h1-12,21,23-24,26H/t21-,23-,24+,26-,27+,28-/m1/s1. The zero-order chi connectivity index (χ0) is 23.6. The topological polar surface area (TPSA) is 68.3 Å². The lowest BCUT2D eigenvalue weighted by Crippen LogP contribution is -2.49. The molecule has 4 bridgehead atoms. The first kappa shape index (κ1) is 20.7. The fraction of sp³-hybridized carbons (Fsp3) is 0.214. The second kappa shape index (κ2) is 6.49. The summed E-state index contributed by atoms with van der Waals surface area (Å²) in [6, 6.07) is 15.6. The third-order valence-corrected chi connectivity index (χ3v) is 9.74. The van der Waals surface area contributed by atoms with Crippen molar-refractivity contribution in [3.05, 3.63) is 104 Å². The van der Waals surface area contributed by atoms with E-state index in [-0.39, 0.29) is 52.4 Å². The van der Waals surface area contributed by atoms with Crippen LogP contribution in [0.25, 0.3) is 0 Å². The van der Waals surface area contributed by atoms with Crippen molar-refractivity contribution in [2.45, 2.75) is 11.8 Å². The summed E-state index contributed by atoms with van der Waals surface area (Å²) in [6.07, 6.45) is 5.31. The van der Waals surface area contributed by atoms with Crippen molar-refractivity contribution >= 4 is 55.0 Å². The van der Waals surface area contributed by atoms with Crippen molar-refractivity contribution in [1.29, 1.82) is 0 Å². The highest BCUT2D eigenvalue weighted by molar-refractivity contribution is 9.10. The van der Waals surface area contributed by atoms with Gasteiger partial charge in [-0.25, -0.2) is 0 Å². The van der Waals surface area contributed by atoms with E-state index < -0.39 is 10.8 Å². The van der Waals surface area contributed by atoms with Crippen LogP contribution in [0, 0.1) is 22.7 Å². The van der Waals surface area contributed by atoms with Crippen LogP contribution in [0.1, 0.15) is 23.0 Å². The van der Waals surface area contributed by atoms with Gasteiger partial charge in [0.1, 0.15) is 0 Å². The molecule has 2 fully saturated rings. The van der Waals surface area contributed by atoms with Crippen molar-refractivity contribution in [3.63, 3.8) is 0 Å². The van der Waals surface area contributed by atoms with Gasteiger partial charge in [-0.3, -0.25) is 19.2 Å². The van der Waals surface area contributed by atoms with E-state index in [9.17, 15) is 19.2 Å². The number of hydrogen-bond acceptors (Lipinski definition) is 4. The quantitative estimate of drug-likeness (QED) is 0.471. The Balaban J connectivity index is 1.59. The van der Waals surface area contributed by atoms with E-state index in [4.69, 9.17) is 0 Å². The second-order valence-electron chi connectivity index (χ2n) is 9.70. The fourth-order valence-electron chi connectivity index (χ4n) is 7.87. The molecule has 6 heteroatoms. The lowest BCUT2D eigenvalue weighted by molar-refractivity contribution is -0.131. The highest BCUT2D eigenvalue weighted by Gasteiger charge is 2.95. The number of carbonyl (C=O) groups is 4. The van der Waals surface area contributed by atoms with Crippen LogP contribution >= 0.6 is 31.9 Å². The van der Waals surface area contributed by atoms with E-state index in [0.29, 0.717) is 5.57 Å². The van der Waals surface area contributed by atoms with E-state index in [1.54, 1.807) is 0 Å². The molecular weight excluding hydrogens is 560 g/mol. The first-order valence-corrected chi connectivity index (χ1v) is 12.7. The second-order valence-corrected chi connectivity index (χ2v) is 11.5. The molecule has 0 aromatic heterocycles. The SMILES string of the molecule is O=C1C=CC(=O)C2=C1[C@H]1[C@@H](c3ccc(Br)cc3)[C@H]3[C@@]24C(=O)C=CC(=O)[C@]34[C@H]1c1ccc(Br)cc1. The average molecular weight is 576 g/mol. The summed E-state index contributed by atoms with van der Waals surface area (Å²) in [5, 5.41) is 0. The van der Waals surface area contributed by atoms with Crippen molar-refractivity contribution < 1.29 is 19.2 Å². The summed E-state index contributed by atoms with van der Waals surface area (Å²) < 4.78 is 1.83. The van der Waals surface area contributed by atoms with Gasteiger partial charge in [-0.05, 0) is 71.5 Å². The average Bonchev–Trinajstić information content (AvgIpc) is 3.39. The third kappa shape index (κ3) is 2.08. The number of hydrogen-bond donors (Lipinski definition) is 0. The van der Waals surface area contributed by atoms with Gasteiger partial charge in [0, 0.05) is 31.9 Å². The van der Waals surface area contributed by atoms with Crippen LogP contribution in [-0.2, 0) is 19.2 Å². The summed E-state index contributed by atoms with van der Waals surface area (Å²) in [5.41, 5.74) is 0.268. The lowest BCUT2D eigenvalue weighted by Gasteiger charge is -2.46. The molecule has 2 aromatic rings. The lowest BCUT2D eigenvalue weighted by atomic mass is 9.53. The summed E-state index contributed by atoms with van der Waals surface area (Å²) in [6.45, 7) is 0. The highest BCUT2D eigenvalue weighted by Crippen LogP contribution is 2.93. The Morgan fingerprint density at radius 3 is 1.82 bits per heavy atom. The zero-order valence-electron chi connectivity index (χ0n) is 17.6. The molecule has 0 radical (unpaired) electrons. The van der Waals surface area contributed by atoms with E-state index >= 15 is 0 Å². The van der Waals surface area contributed by atoms with Gasteiger partial charge in [-0.2, -0.15) is 0 Å². The Bertz CT molecular complexity index is 1460. The predicted octanol–water partition coefficient (Wildman–Crippen LogP) is 5.04. The molecule has 0 unspecified atom stereocenters. The smallest absolute Gasteiger partial charge is 0.183 e. The first-order chi connectivity index (χ1) is 16.3. The van der Waals surface area contributed by atoms with E-state index in [1.807, 2.05) is 48.5 Å². The molecule has 166 valence electrons. The molecule has 0 aliphatic heterocycles. The summed E-state index contributed by atoms with van der Waals surface area (Å²) in [4.78, 5) is 54.2. The number of allylic oxidation sites excluding steroid dienone is 6. The van der Waals surface area contributed by atoms with Crippen LogP contribution in [0.3, 0.4) is 0 Å². The van der Waals surface area contributed by atoms with Crippen LogP contribution in [-0.4, -0.2) is 23.1 Å². The minimum absolute atomic E-state index is 0.115. The molecule has 4 nitrogen and oxygen atoms in total. The molecule has 2 aromatic carbocycles. The Labute approximate surface area is 212 Å². The predicted molar refractivity (Wildman–Crippen MR) is 131 cm³/mol. The van der Waals surface area contributed by atoms with Crippen molar-refractivity contribution in [3.8, 4) is 0 Å². The molecule has 6 atom stereocenters. The molecule has 6 aliphatic carbocycles. The summed E-state index contributed by atoms with van der Waals surface area (Å²) >= 11 is 6.97. The van der Waals surface area contributed by atoms with Gasteiger partial charge in [0.05, 0.1) is 10.8 Å². The van der Waals surface area contributed by atoms with E-state index in [2.05, 4.69) is 31.9 Å². The number of ketones is 4. The Morgan fingerprint density at radius 2 is 1.18 bits per heavy atom. The fourth-order valence-corrected chi connectivity index (χ4v) is 8.40. The Hall–Kier alpha value is -2.70. The number of halogens is 2. The maximum atomic E-state index is 13.8. The van der Waals surface area contributed by atoms with Crippen LogP contribution in [0.2, 0.25) is 0 Å². The maximum Gasteiger partial charge on any atom is 0.183 e. The molecule has 6 aliphatic rings. The van der Waals surface area contributed by atoms with Crippen molar-refractivity contribution in [2.75, 3.05) is 0 Å². The number of carbonyl (C=O) groups excluding carboxylic acids is 4. The van der Waals surface area contributed by atoms with Gasteiger partial charge in [0.15, 0.2) is 23.1 Å². The molecule has 8 rings (SSSR count). The van der Waals surface area contributed by atoms with Crippen LogP contribution < -0.4 is 0 Å². The van der Waals surface area contributed by atoms with Crippen LogP contribution in [0.5, 0.6) is 0 Å². The van der Waals surface area contributed by atoms with Crippen molar-refractivity contribution in [2.24, 2.45) is 22.7 Å². The summed E-state index contributed by atoms with van der Waals surface area (Å²) in [5.74, 6) is -2.22. The maximum absolute atomic E-state index is 13.8. The van der Waals surface area contributed by atoms with Gasteiger partial charge >= 0.3 is 0 Å². The van der Waals surface area contributed by atoms with E-state index in [1.165, 1.54) is 24.3 Å². The van der Waals surface area contributed by atoms with Crippen molar-refractivity contribution in [1.82, 2.24) is 0 Å². The van der Waals surface area contributed by atoms with Gasteiger partial charge < -0.3 is 0 Å². The van der Waals surface area contributed by atoms with Crippen LogP contribution in [0.15, 0.2) is 92.9 Å². The zero-order valence-corrected chi connectivity index (χ0v) is 20.8. The van der Waals surface area contributed by atoms with Gasteiger partial charge in [-0.15, -0.1) is 0 Å². The first-order valence-electron chi connectivity index (χ1n) is 11.1. The summed E-state index contributed by atoms with van der Waals surface area (Å²) in [7, 11) is 0. The number of benzene rings is 2. The highest BCUT2D eigenvalue weighted by atomic mass is 79.9. The van der Waals surface area contributed by atoms with Gasteiger partial charge in [0.2, 0.25) is 0 Å². The van der Waals surface area contributed by atoms with Gasteiger partial charge in [0.25, 0.3) is 0 Å². The molecule has 34 heavy (non-hydrogen) atoms. The molecular formula is C28H16Br2O4. The monoisotopic (exact) mass is 574 g/mol. The van der Waals surface area contributed by atoms with Crippen LogP contribution in [0.4, 0.5) is 0 Å².